The largest absolute Gasteiger partial charge is 0.487 e. The maximum atomic E-state index is 13.5. The molecule has 1 saturated carbocycles. The third-order valence-corrected chi connectivity index (χ3v) is 8.11. The van der Waals surface area contributed by atoms with Gasteiger partial charge >= 0.3 is 0 Å². The van der Waals surface area contributed by atoms with Gasteiger partial charge in [0.05, 0.1) is 26.1 Å². The van der Waals surface area contributed by atoms with Gasteiger partial charge < -0.3 is 4.74 Å². The Labute approximate surface area is 239 Å². The summed E-state index contributed by atoms with van der Waals surface area (Å²) in [5.74, 6) is 1.26. The van der Waals surface area contributed by atoms with Crippen LogP contribution in [0.2, 0.25) is 0 Å². The number of nitrogens with zero attached hydrogens (tertiary/aromatic N) is 3. The number of hydrogen-bond donors (Lipinski definition) is 0. The lowest BCUT2D eigenvalue weighted by molar-refractivity contribution is 0.302. The number of hydrogen-bond acceptors (Lipinski definition) is 4. The smallest absolute Gasteiger partial charge is 0.282 e. The summed E-state index contributed by atoms with van der Waals surface area (Å²) in [6.45, 7) is 0.295. The van der Waals surface area contributed by atoms with Gasteiger partial charge in [-0.1, -0.05) is 47.3 Å². The van der Waals surface area contributed by atoms with Crippen molar-refractivity contribution in [3.05, 3.63) is 101 Å². The van der Waals surface area contributed by atoms with Crippen molar-refractivity contribution in [1.29, 1.82) is 0 Å². The fraction of sp³-hybridized carbons (Fsp3) is 0.250. The molecule has 1 heterocycles. The lowest BCUT2D eigenvalue weighted by Crippen LogP contribution is -2.25. The van der Waals surface area contributed by atoms with Gasteiger partial charge in [0.2, 0.25) is 0 Å². The Balaban J connectivity index is 1.47. The van der Waals surface area contributed by atoms with E-state index in [1.54, 1.807) is 24.4 Å². The number of fused-ring (bicyclic) bond motifs is 1. The maximum Gasteiger partial charge on any atom is 0.282 e. The van der Waals surface area contributed by atoms with Gasteiger partial charge in [-0.3, -0.25) is 4.79 Å². The molecule has 1 aliphatic carbocycles. The summed E-state index contributed by atoms with van der Waals surface area (Å²) in [6.07, 6.45) is 7.13. The quantitative estimate of drug-likeness (QED) is 0.191. The van der Waals surface area contributed by atoms with E-state index in [4.69, 9.17) is 9.72 Å². The molecular weight excluding hydrogens is 669 g/mol. The Morgan fingerprint density at radius 3 is 2.41 bits per heavy atom. The van der Waals surface area contributed by atoms with Crippen LogP contribution in [-0.2, 0) is 6.61 Å². The zero-order valence-electron chi connectivity index (χ0n) is 19.8. The van der Waals surface area contributed by atoms with Gasteiger partial charge in [0.25, 0.3) is 5.56 Å². The predicted molar refractivity (Wildman–Crippen MR) is 155 cm³/mol. The van der Waals surface area contributed by atoms with Crippen molar-refractivity contribution in [1.82, 2.24) is 9.66 Å². The van der Waals surface area contributed by atoms with Crippen LogP contribution >= 0.6 is 47.8 Å². The lowest BCUT2D eigenvalue weighted by Gasteiger charge is -2.22. The SMILES string of the molecule is O=c1c2cc(Br)ccc2nc(C2CCCCC2)n1N=Cc1cc(Br)c(OCc2ccc(F)cc2)c(Br)c1. The van der Waals surface area contributed by atoms with Gasteiger partial charge in [0.1, 0.15) is 24.0 Å². The van der Waals surface area contributed by atoms with Crippen LogP contribution in [0.3, 0.4) is 0 Å². The monoisotopic (exact) mass is 689 g/mol. The summed E-state index contributed by atoms with van der Waals surface area (Å²) >= 11 is 10.6. The van der Waals surface area contributed by atoms with Crippen LogP contribution < -0.4 is 10.3 Å². The first-order chi connectivity index (χ1) is 17.9. The molecule has 190 valence electrons. The van der Waals surface area contributed by atoms with E-state index in [1.807, 2.05) is 24.3 Å². The van der Waals surface area contributed by atoms with E-state index in [0.29, 0.717) is 29.1 Å². The molecule has 0 N–H and O–H groups in total. The zero-order valence-corrected chi connectivity index (χ0v) is 24.5. The molecule has 5 rings (SSSR count). The van der Waals surface area contributed by atoms with Crippen LogP contribution in [0.1, 0.15) is 55.0 Å². The van der Waals surface area contributed by atoms with E-state index < -0.39 is 0 Å². The van der Waals surface area contributed by atoms with Gasteiger partial charge in [-0.2, -0.15) is 9.78 Å². The van der Waals surface area contributed by atoms with Crippen LogP contribution in [0.15, 0.2) is 77.9 Å². The Morgan fingerprint density at radius 1 is 1.00 bits per heavy atom. The Bertz CT molecular complexity index is 1510. The van der Waals surface area contributed by atoms with Gasteiger partial charge in [-0.25, -0.2) is 9.37 Å². The number of halogens is 4. The van der Waals surface area contributed by atoms with E-state index >= 15 is 0 Å². The standard InChI is InChI=1S/C28H23Br3FN3O2/c29-20-8-11-25-22(14-20)28(36)35(27(34-25)19-4-2-1-3-5-19)33-15-18-12-23(30)26(24(31)13-18)37-16-17-6-9-21(32)10-7-17/h6-15,19H,1-5,16H2. The Morgan fingerprint density at radius 2 is 1.70 bits per heavy atom. The highest BCUT2D eigenvalue weighted by Gasteiger charge is 2.22. The molecule has 0 amide bonds. The Hall–Kier alpha value is -2.36. The maximum absolute atomic E-state index is 13.5. The highest BCUT2D eigenvalue weighted by molar-refractivity contribution is 9.11. The molecule has 0 spiro atoms. The first-order valence-corrected chi connectivity index (χ1v) is 14.4. The van der Waals surface area contributed by atoms with Crippen molar-refractivity contribution >= 4 is 64.9 Å². The summed E-state index contributed by atoms with van der Waals surface area (Å²) < 4.78 is 22.9. The van der Waals surface area contributed by atoms with Crippen molar-refractivity contribution < 1.29 is 9.13 Å². The molecule has 5 nitrogen and oxygen atoms in total. The van der Waals surface area contributed by atoms with Crippen LogP contribution in [0.5, 0.6) is 5.75 Å². The number of rotatable bonds is 6. The van der Waals surface area contributed by atoms with Crippen molar-refractivity contribution in [3.63, 3.8) is 0 Å². The van der Waals surface area contributed by atoms with Crippen LogP contribution in [0.25, 0.3) is 10.9 Å². The van der Waals surface area contributed by atoms with E-state index in [1.165, 1.54) is 23.2 Å². The molecule has 0 radical (unpaired) electrons. The van der Waals surface area contributed by atoms with Crippen LogP contribution in [-0.4, -0.2) is 15.9 Å². The van der Waals surface area contributed by atoms with Gasteiger partial charge in [0.15, 0.2) is 0 Å². The van der Waals surface area contributed by atoms with Gasteiger partial charge in [-0.05, 0) is 98.3 Å². The third kappa shape index (κ3) is 6.04. The fourth-order valence-corrected chi connectivity index (χ4v) is 6.37. The summed E-state index contributed by atoms with van der Waals surface area (Å²) in [5.41, 5.74) is 2.15. The Kier molecular flexibility index (Phi) is 8.21. The van der Waals surface area contributed by atoms with Crippen LogP contribution in [0.4, 0.5) is 4.39 Å². The first-order valence-electron chi connectivity index (χ1n) is 12.0. The molecular formula is C28H23Br3FN3O2. The first kappa shape index (κ1) is 26.3. The fourth-order valence-electron chi connectivity index (χ4n) is 4.56. The molecule has 1 aromatic heterocycles. The van der Waals surface area contributed by atoms with E-state index in [2.05, 4.69) is 52.9 Å². The molecule has 9 heteroatoms. The molecule has 0 saturated heterocycles. The van der Waals surface area contributed by atoms with Crippen molar-refractivity contribution in [3.8, 4) is 5.75 Å². The third-order valence-electron chi connectivity index (χ3n) is 6.44. The summed E-state index contributed by atoms with van der Waals surface area (Å²) in [6, 6.07) is 15.5. The van der Waals surface area contributed by atoms with Crippen molar-refractivity contribution in [2.75, 3.05) is 0 Å². The molecule has 4 aromatic rings. The second-order valence-electron chi connectivity index (χ2n) is 9.06. The van der Waals surface area contributed by atoms with E-state index in [-0.39, 0.29) is 17.3 Å². The molecule has 0 unspecified atom stereocenters. The molecule has 3 aromatic carbocycles. The van der Waals surface area contributed by atoms with E-state index in [9.17, 15) is 9.18 Å². The van der Waals surface area contributed by atoms with Gasteiger partial charge in [-0.15, -0.1) is 0 Å². The van der Waals surface area contributed by atoms with E-state index in [0.717, 1.165) is 50.2 Å². The molecule has 37 heavy (non-hydrogen) atoms. The normalized spacial score (nSPS) is 14.5. The number of benzene rings is 3. The molecule has 1 aliphatic rings. The minimum absolute atomic E-state index is 0.180. The summed E-state index contributed by atoms with van der Waals surface area (Å²) in [4.78, 5) is 18.4. The highest BCUT2D eigenvalue weighted by atomic mass is 79.9. The van der Waals surface area contributed by atoms with Crippen LogP contribution in [0, 0.1) is 5.82 Å². The molecule has 0 atom stereocenters. The lowest BCUT2D eigenvalue weighted by atomic mass is 9.88. The highest BCUT2D eigenvalue weighted by Crippen LogP contribution is 2.35. The predicted octanol–water partition coefficient (Wildman–Crippen LogP) is 8.33. The number of aromatic nitrogens is 2. The second-order valence-corrected chi connectivity index (χ2v) is 11.7. The second kappa shape index (κ2) is 11.6. The molecule has 1 fully saturated rings. The summed E-state index contributed by atoms with van der Waals surface area (Å²) in [5, 5.41) is 5.15. The average molecular weight is 692 g/mol. The minimum atomic E-state index is -0.283. The minimum Gasteiger partial charge on any atom is -0.487 e. The van der Waals surface area contributed by atoms with Crippen molar-refractivity contribution in [2.45, 2.75) is 44.6 Å². The summed E-state index contributed by atoms with van der Waals surface area (Å²) in [7, 11) is 0. The zero-order chi connectivity index (χ0) is 25.9. The molecule has 0 bridgehead atoms. The van der Waals surface area contributed by atoms with Gasteiger partial charge in [0, 0.05) is 10.4 Å². The number of ether oxygens (including phenoxy) is 1. The average Bonchev–Trinajstić information content (AvgIpc) is 2.89. The van der Waals surface area contributed by atoms with Crippen molar-refractivity contribution in [2.24, 2.45) is 5.10 Å². The topological polar surface area (TPSA) is 56.5 Å². The molecule has 0 aliphatic heterocycles.